The zero-order valence-electron chi connectivity index (χ0n) is 30.6. The normalized spacial score (nSPS) is 11.8. The highest BCUT2D eigenvalue weighted by Crippen LogP contribution is 2.44. The molecule has 0 aliphatic carbocycles. The fraction of sp³-hybridized carbons (Fsp3) is 0.0196. The Bertz CT molecular complexity index is 3070. The fourth-order valence-electron chi connectivity index (χ4n) is 8.18. The van der Waals surface area contributed by atoms with E-state index in [9.17, 15) is 0 Å². The highest BCUT2D eigenvalue weighted by Gasteiger charge is 2.21. The van der Waals surface area contributed by atoms with Gasteiger partial charge in [0.25, 0.3) is 0 Å². The molecule has 10 rings (SSSR count). The van der Waals surface area contributed by atoms with E-state index in [1.165, 1.54) is 54.8 Å². The molecule has 2 heterocycles. The van der Waals surface area contributed by atoms with E-state index in [0.717, 1.165) is 27.8 Å². The number of hydrogen-bond acceptors (Lipinski definition) is 1. The molecule has 0 atom stereocenters. The third-order valence-electron chi connectivity index (χ3n) is 10.7. The van der Waals surface area contributed by atoms with Crippen molar-refractivity contribution in [3.05, 3.63) is 211 Å². The smallest absolute Gasteiger partial charge is 0.154 e. The fourth-order valence-corrected chi connectivity index (χ4v) is 8.18. The number of amidine groups is 2. The Hall–Kier alpha value is -7.50. The Labute approximate surface area is 325 Å². The molecule has 0 aliphatic heterocycles. The van der Waals surface area contributed by atoms with Crippen LogP contribution < -0.4 is 5.32 Å². The predicted molar refractivity (Wildman–Crippen MR) is 234 cm³/mol. The largest absolute Gasteiger partial charge is 0.352 e. The van der Waals surface area contributed by atoms with Crippen LogP contribution in [0.4, 0.5) is 0 Å². The van der Waals surface area contributed by atoms with Crippen molar-refractivity contribution >= 4 is 55.3 Å². The number of fused-ring (bicyclic) bond motifs is 6. The topological polar surface area (TPSA) is 58.1 Å². The van der Waals surface area contributed by atoms with Crippen LogP contribution in [0.5, 0.6) is 0 Å². The molecule has 8 aromatic carbocycles. The number of aliphatic imine (C=N–C) groups is 1. The standard InChI is InChI=1S/C51H37N5/c52-50(36-19-7-2-8-20-36)54-51(37-21-9-3-10-22-37)53-34-55-44-27-15-14-26-42(44)49-47(55)32-30-40(48(49)35-17-5-1-6-18-35)38-29-31-46-43(33-38)41-25-13-16-28-45(41)56(46)39-23-11-4-12-24-39/h1-33H,34H2,(H2,52,53,54). The zero-order valence-corrected chi connectivity index (χ0v) is 30.6. The summed E-state index contributed by atoms with van der Waals surface area (Å²) in [4.78, 5) is 4.84. The maximum absolute atomic E-state index is 8.86. The molecular formula is C51H37N5. The summed E-state index contributed by atoms with van der Waals surface area (Å²) < 4.78 is 4.70. The molecular weight excluding hydrogens is 683 g/mol. The van der Waals surface area contributed by atoms with Crippen LogP contribution in [0.25, 0.3) is 71.6 Å². The lowest BCUT2D eigenvalue weighted by molar-refractivity contribution is 0.710. The lowest BCUT2D eigenvalue weighted by atomic mass is 9.90. The monoisotopic (exact) mass is 719 g/mol. The highest BCUT2D eigenvalue weighted by atomic mass is 15.2. The van der Waals surface area contributed by atoms with Gasteiger partial charge in [0, 0.05) is 38.4 Å². The van der Waals surface area contributed by atoms with E-state index in [4.69, 9.17) is 10.4 Å². The molecule has 0 bridgehead atoms. The van der Waals surface area contributed by atoms with E-state index >= 15 is 0 Å². The van der Waals surface area contributed by atoms with Crippen molar-refractivity contribution in [3.63, 3.8) is 0 Å². The van der Waals surface area contributed by atoms with Gasteiger partial charge in [0.2, 0.25) is 0 Å². The molecule has 5 heteroatoms. The van der Waals surface area contributed by atoms with Crippen molar-refractivity contribution in [2.24, 2.45) is 4.99 Å². The van der Waals surface area contributed by atoms with Gasteiger partial charge in [0.1, 0.15) is 5.84 Å². The van der Waals surface area contributed by atoms with Crippen molar-refractivity contribution in [1.29, 1.82) is 5.41 Å². The maximum atomic E-state index is 8.86. The minimum atomic E-state index is 0.207. The third-order valence-corrected chi connectivity index (χ3v) is 10.7. The second-order valence-electron chi connectivity index (χ2n) is 14.0. The number of aromatic nitrogens is 2. The average molecular weight is 720 g/mol. The first-order chi connectivity index (χ1) is 27.7. The lowest BCUT2D eigenvalue weighted by Crippen LogP contribution is -2.28. The number of nitrogens with zero attached hydrogens (tertiary/aromatic N) is 3. The summed E-state index contributed by atoms with van der Waals surface area (Å²) >= 11 is 0. The van der Waals surface area contributed by atoms with E-state index in [2.05, 4.69) is 154 Å². The molecule has 0 amide bonds. The predicted octanol–water partition coefficient (Wildman–Crippen LogP) is 12.2. The SMILES string of the molecule is N=C(N=C(NCn1c2ccccc2c2c(-c3ccccc3)c(-c3ccc4c(c3)c3ccccc3n4-c3ccccc3)ccc21)c1ccccc1)c1ccccc1. The van der Waals surface area contributed by atoms with Crippen LogP contribution in [0.15, 0.2) is 205 Å². The number of nitrogens with one attached hydrogen (secondary N) is 2. The second kappa shape index (κ2) is 14.0. The van der Waals surface area contributed by atoms with Gasteiger partial charge in [-0.15, -0.1) is 0 Å². The minimum absolute atomic E-state index is 0.207. The second-order valence-corrected chi connectivity index (χ2v) is 14.0. The van der Waals surface area contributed by atoms with E-state index < -0.39 is 0 Å². The van der Waals surface area contributed by atoms with Crippen molar-refractivity contribution in [3.8, 4) is 27.9 Å². The number of benzene rings is 8. The Balaban J connectivity index is 1.15. The van der Waals surface area contributed by atoms with Gasteiger partial charge in [0.15, 0.2) is 5.84 Å². The number of hydrogen-bond donors (Lipinski definition) is 2. The quantitative estimate of drug-likeness (QED) is 0.125. The van der Waals surface area contributed by atoms with Crippen molar-refractivity contribution in [2.45, 2.75) is 6.67 Å². The molecule has 0 aliphatic rings. The first-order valence-electron chi connectivity index (χ1n) is 18.9. The Morgan fingerprint density at radius 3 is 1.79 bits per heavy atom. The van der Waals surface area contributed by atoms with E-state index in [-0.39, 0.29) is 5.84 Å². The van der Waals surface area contributed by atoms with Gasteiger partial charge in [-0.3, -0.25) is 5.41 Å². The molecule has 266 valence electrons. The van der Waals surface area contributed by atoms with Gasteiger partial charge in [0.05, 0.1) is 28.7 Å². The molecule has 2 aromatic heterocycles. The third kappa shape index (κ3) is 5.74. The van der Waals surface area contributed by atoms with Crippen molar-refractivity contribution in [2.75, 3.05) is 0 Å². The molecule has 5 nitrogen and oxygen atoms in total. The first kappa shape index (κ1) is 33.1. The molecule has 0 unspecified atom stereocenters. The summed E-state index contributed by atoms with van der Waals surface area (Å²) in [6.45, 7) is 0.457. The van der Waals surface area contributed by atoms with Gasteiger partial charge in [-0.05, 0) is 64.7 Å². The molecule has 2 N–H and O–H groups in total. The molecule has 0 radical (unpaired) electrons. The van der Waals surface area contributed by atoms with Crippen LogP contribution in [-0.2, 0) is 6.67 Å². The Morgan fingerprint density at radius 1 is 0.482 bits per heavy atom. The summed E-state index contributed by atoms with van der Waals surface area (Å²) in [7, 11) is 0. The Kier molecular flexibility index (Phi) is 8.30. The van der Waals surface area contributed by atoms with Gasteiger partial charge >= 0.3 is 0 Å². The van der Waals surface area contributed by atoms with Gasteiger partial charge in [-0.25, -0.2) is 4.99 Å². The first-order valence-corrected chi connectivity index (χ1v) is 18.9. The van der Waals surface area contributed by atoms with Gasteiger partial charge in [-0.1, -0.05) is 158 Å². The van der Waals surface area contributed by atoms with Crippen LogP contribution >= 0.6 is 0 Å². The van der Waals surface area contributed by atoms with Gasteiger partial charge < -0.3 is 14.5 Å². The number of para-hydroxylation sites is 3. The Morgan fingerprint density at radius 2 is 1.05 bits per heavy atom. The molecule has 10 aromatic rings. The van der Waals surface area contributed by atoms with Crippen LogP contribution in [0.2, 0.25) is 0 Å². The molecule has 0 fully saturated rings. The molecule has 0 spiro atoms. The summed E-state index contributed by atoms with van der Waals surface area (Å²) in [5, 5.41) is 17.3. The highest BCUT2D eigenvalue weighted by molar-refractivity contribution is 6.19. The van der Waals surface area contributed by atoms with Crippen molar-refractivity contribution in [1.82, 2.24) is 14.5 Å². The molecule has 0 saturated carbocycles. The minimum Gasteiger partial charge on any atom is -0.352 e. The van der Waals surface area contributed by atoms with E-state index in [1.807, 2.05) is 60.7 Å². The lowest BCUT2D eigenvalue weighted by Gasteiger charge is -2.16. The van der Waals surface area contributed by atoms with Crippen LogP contribution in [0.3, 0.4) is 0 Å². The van der Waals surface area contributed by atoms with Gasteiger partial charge in [-0.2, -0.15) is 0 Å². The summed E-state index contributed by atoms with van der Waals surface area (Å²) in [6, 6.07) is 70.0. The molecule has 0 saturated heterocycles. The maximum Gasteiger partial charge on any atom is 0.154 e. The zero-order chi connectivity index (χ0) is 37.4. The summed E-state index contributed by atoms with van der Waals surface area (Å²) in [6.07, 6.45) is 0. The van der Waals surface area contributed by atoms with Crippen LogP contribution in [0, 0.1) is 5.41 Å². The van der Waals surface area contributed by atoms with Crippen LogP contribution in [0.1, 0.15) is 11.1 Å². The number of rotatable bonds is 7. The van der Waals surface area contributed by atoms with Crippen LogP contribution in [-0.4, -0.2) is 20.8 Å². The van der Waals surface area contributed by atoms with E-state index in [0.29, 0.717) is 12.5 Å². The van der Waals surface area contributed by atoms with E-state index in [1.54, 1.807) is 0 Å². The van der Waals surface area contributed by atoms with Crippen molar-refractivity contribution < 1.29 is 0 Å². The average Bonchev–Trinajstić information content (AvgIpc) is 3.78. The summed E-state index contributed by atoms with van der Waals surface area (Å²) in [5.41, 5.74) is 12.2. The summed E-state index contributed by atoms with van der Waals surface area (Å²) in [5.74, 6) is 0.854. The molecule has 56 heavy (non-hydrogen) atoms.